The minimum absolute atomic E-state index is 0.00899. The lowest BCUT2D eigenvalue weighted by Gasteiger charge is -2.43. The molecular formula is C16H32F2N3O2P. The molecule has 8 heteroatoms. The predicted molar refractivity (Wildman–Crippen MR) is 95.4 cm³/mol. The second-order valence-corrected chi connectivity index (χ2v) is 7.73. The zero-order chi connectivity index (χ0) is 18.3. The van der Waals surface area contributed by atoms with E-state index in [0.717, 1.165) is 13.0 Å². The summed E-state index contributed by atoms with van der Waals surface area (Å²) in [6.45, 7) is 10.5. The van der Waals surface area contributed by atoms with Crippen molar-refractivity contribution >= 4 is 15.1 Å². The highest BCUT2D eigenvalue weighted by Crippen LogP contribution is 2.32. The molecule has 0 bridgehead atoms. The third-order valence-corrected chi connectivity index (χ3v) is 4.27. The van der Waals surface area contributed by atoms with E-state index in [1.54, 1.807) is 14.1 Å². The molecule has 0 spiro atoms. The van der Waals surface area contributed by atoms with E-state index in [4.69, 9.17) is 4.74 Å². The van der Waals surface area contributed by atoms with Crippen LogP contribution >= 0.6 is 9.24 Å². The van der Waals surface area contributed by atoms with Gasteiger partial charge in [-0.15, -0.1) is 0 Å². The van der Waals surface area contributed by atoms with Gasteiger partial charge in [0.15, 0.2) is 0 Å². The fraction of sp³-hybridized carbons (Fsp3) is 0.938. The summed E-state index contributed by atoms with van der Waals surface area (Å²) in [5.41, 5.74) is -2.93. The second kappa shape index (κ2) is 9.95. The molecule has 2 atom stereocenters. The van der Waals surface area contributed by atoms with Gasteiger partial charge in [0.25, 0.3) is 5.66 Å². The molecule has 24 heavy (non-hydrogen) atoms. The molecule has 1 unspecified atom stereocenters. The van der Waals surface area contributed by atoms with Crippen LogP contribution in [0.4, 0.5) is 8.78 Å². The van der Waals surface area contributed by atoms with E-state index in [9.17, 15) is 13.6 Å². The van der Waals surface area contributed by atoms with Gasteiger partial charge in [-0.25, -0.2) is 8.78 Å². The Kier molecular flexibility index (Phi) is 8.99. The van der Waals surface area contributed by atoms with E-state index in [1.165, 1.54) is 0 Å². The molecule has 1 rings (SSSR count). The Morgan fingerprint density at radius 2 is 2.00 bits per heavy atom. The zero-order valence-electron chi connectivity index (χ0n) is 15.2. The number of piperazine rings is 1. The molecule has 1 fully saturated rings. The molecule has 0 aromatic rings. The highest BCUT2D eigenvalue weighted by atomic mass is 31.0. The maximum Gasteiger partial charge on any atom is 0.275 e. The maximum atomic E-state index is 14.0. The zero-order valence-corrected chi connectivity index (χ0v) is 16.4. The van der Waals surface area contributed by atoms with Crippen molar-refractivity contribution in [3.8, 4) is 0 Å². The second-order valence-electron chi connectivity index (χ2n) is 6.96. The van der Waals surface area contributed by atoms with Crippen LogP contribution in [0.25, 0.3) is 0 Å². The first-order valence-corrected chi connectivity index (χ1v) is 9.21. The fourth-order valence-electron chi connectivity index (χ4n) is 2.79. The molecule has 1 amide bonds. The molecular weight excluding hydrogens is 335 g/mol. The first-order chi connectivity index (χ1) is 11.1. The molecule has 1 heterocycles. The van der Waals surface area contributed by atoms with Crippen molar-refractivity contribution < 1.29 is 18.3 Å². The first-order valence-electron chi connectivity index (χ1n) is 8.63. The average Bonchev–Trinajstić information content (AvgIpc) is 2.42. The first kappa shape index (κ1) is 21.7. The molecule has 0 aromatic heterocycles. The highest BCUT2D eigenvalue weighted by Gasteiger charge is 2.42. The number of alkyl halides is 2. The molecule has 1 saturated heterocycles. The number of ether oxygens (including phenoxy) is 1. The predicted octanol–water partition coefficient (Wildman–Crippen LogP) is 1.78. The van der Waals surface area contributed by atoms with Crippen LogP contribution in [0.5, 0.6) is 0 Å². The number of amides is 1. The van der Waals surface area contributed by atoms with Gasteiger partial charge >= 0.3 is 0 Å². The van der Waals surface area contributed by atoms with Crippen LogP contribution in [0.2, 0.25) is 0 Å². The molecule has 0 saturated carbocycles. The summed E-state index contributed by atoms with van der Waals surface area (Å²) in [7, 11) is 1.63. The molecule has 1 aliphatic heterocycles. The van der Waals surface area contributed by atoms with E-state index in [1.807, 2.05) is 32.6 Å². The quantitative estimate of drug-likeness (QED) is 0.498. The van der Waals surface area contributed by atoms with Gasteiger partial charge in [0.1, 0.15) is 0 Å². The summed E-state index contributed by atoms with van der Waals surface area (Å²) in [6.07, 6.45) is 1.01. The summed E-state index contributed by atoms with van der Waals surface area (Å²) in [6, 6.07) is -0.963. The van der Waals surface area contributed by atoms with E-state index in [2.05, 4.69) is 5.32 Å². The van der Waals surface area contributed by atoms with Gasteiger partial charge in [-0.2, -0.15) is 0 Å². The van der Waals surface area contributed by atoms with Crippen molar-refractivity contribution in [2.24, 2.45) is 0 Å². The number of rotatable bonds is 9. The van der Waals surface area contributed by atoms with Crippen molar-refractivity contribution in [1.82, 2.24) is 15.1 Å². The summed E-state index contributed by atoms with van der Waals surface area (Å²) in [5.74, 6) is -0.206. The smallest absolute Gasteiger partial charge is 0.275 e. The van der Waals surface area contributed by atoms with Crippen LogP contribution < -0.4 is 5.32 Å². The van der Waals surface area contributed by atoms with E-state index in [-0.39, 0.29) is 31.1 Å². The Bertz CT molecular complexity index is 392. The van der Waals surface area contributed by atoms with Crippen LogP contribution in [0, 0.1) is 0 Å². The minimum Gasteiger partial charge on any atom is -0.379 e. The minimum atomic E-state index is -2.93. The number of carbonyl (C=O) groups excluding carboxylic acids is 1. The number of hydrogen-bond acceptors (Lipinski definition) is 4. The normalized spacial score (nSPS) is 20.8. The molecule has 1 aliphatic rings. The van der Waals surface area contributed by atoms with Crippen molar-refractivity contribution in [1.29, 1.82) is 0 Å². The van der Waals surface area contributed by atoms with Crippen LogP contribution in [0.15, 0.2) is 0 Å². The molecule has 0 aliphatic carbocycles. The summed E-state index contributed by atoms with van der Waals surface area (Å²) < 4.78 is 33.4. The average molecular weight is 367 g/mol. The number of nitrogens with one attached hydrogen (secondary N) is 1. The third kappa shape index (κ3) is 8.15. The van der Waals surface area contributed by atoms with Gasteiger partial charge in [-0.05, 0) is 34.1 Å². The lowest BCUT2D eigenvalue weighted by Crippen LogP contribution is -2.60. The molecule has 5 nitrogen and oxygen atoms in total. The van der Waals surface area contributed by atoms with Gasteiger partial charge in [0.2, 0.25) is 5.91 Å². The Balaban J connectivity index is 2.53. The Hall–Kier alpha value is -0.360. The monoisotopic (exact) mass is 367 g/mol. The Labute approximate surface area is 146 Å². The van der Waals surface area contributed by atoms with Gasteiger partial charge in [0, 0.05) is 38.8 Å². The van der Waals surface area contributed by atoms with Crippen molar-refractivity contribution in [3.05, 3.63) is 0 Å². The maximum absolute atomic E-state index is 14.0. The largest absolute Gasteiger partial charge is 0.379 e. The van der Waals surface area contributed by atoms with Crippen molar-refractivity contribution in [2.75, 3.05) is 39.3 Å². The Morgan fingerprint density at radius 1 is 1.33 bits per heavy atom. The van der Waals surface area contributed by atoms with Crippen molar-refractivity contribution in [3.63, 3.8) is 0 Å². The van der Waals surface area contributed by atoms with Crippen molar-refractivity contribution in [2.45, 2.75) is 58.0 Å². The van der Waals surface area contributed by atoms with Crippen LogP contribution in [-0.4, -0.2) is 78.9 Å². The summed E-state index contributed by atoms with van der Waals surface area (Å²) in [5, 5.41) is 2.76. The summed E-state index contributed by atoms with van der Waals surface area (Å²) in [4.78, 5) is 15.5. The highest BCUT2D eigenvalue weighted by molar-refractivity contribution is 7.18. The standard InChI is InChI=1S/C16H32F2N3O2P/c1-12(2)19-15(22)11-21-8-7-20(6-5-9-23-13(3)4)10-14(21)16(17,18)24/h12-14H,5-11,24H2,1-4H3,(H,19,22)/t14-/m0/s1. The fourth-order valence-corrected chi connectivity index (χ4v) is 3.11. The van der Waals surface area contributed by atoms with Gasteiger partial charge in [-0.1, -0.05) is 9.24 Å². The number of carbonyl (C=O) groups is 1. The van der Waals surface area contributed by atoms with Gasteiger partial charge in [0.05, 0.1) is 18.7 Å². The van der Waals surface area contributed by atoms with Crippen LogP contribution in [0.1, 0.15) is 34.1 Å². The SMILES string of the molecule is CC(C)NC(=O)CN1CCN(CCCOC(C)C)C[C@H]1C(F)(F)P. The summed E-state index contributed by atoms with van der Waals surface area (Å²) >= 11 is 0. The van der Waals surface area contributed by atoms with E-state index in [0.29, 0.717) is 19.7 Å². The molecule has 0 radical (unpaired) electrons. The number of hydrogen-bond donors (Lipinski definition) is 1. The number of halogens is 2. The molecule has 0 aromatic carbocycles. The topological polar surface area (TPSA) is 44.8 Å². The van der Waals surface area contributed by atoms with Crippen LogP contribution in [0.3, 0.4) is 0 Å². The van der Waals surface area contributed by atoms with Gasteiger partial charge < -0.3 is 15.0 Å². The van der Waals surface area contributed by atoms with E-state index < -0.39 is 11.7 Å². The number of nitrogens with zero attached hydrogens (tertiary/aromatic N) is 2. The van der Waals surface area contributed by atoms with Crippen LogP contribution in [-0.2, 0) is 9.53 Å². The van der Waals surface area contributed by atoms with Gasteiger partial charge in [-0.3, -0.25) is 9.69 Å². The lowest BCUT2D eigenvalue weighted by atomic mass is 10.1. The molecule has 1 N–H and O–H groups in total. The third-order valence-electron chi connectivity index (χ3n) is 3.89. The van der Waals surface area contributed by atoms with E-state index >= 15 is 0 Å². The molecule has 142 valence electrons. The lowest BCUT2D eigenvalue weighted by molar-refractivity contribution is -0.126. The Morgan fingerprint density at radius 3 is 2.54 bits per heavy atom.